The molecule has 0 radical (unpaired) electrons. The van der Waals surface area contributed by atoms with Crippen LogP contribution in [0.5, 0.6) is 0 Å². The van der Waals surface area contributed by atoms with Gasteiger partial charge in [-0.2, -0.15) is 0 Å². The third-order valence-corrected chi connectivity index (χ3v) is 8.29. The van der Waals surface area contributed by atoms with Gasteiger partial charge < -0.3 is 20.1 Å². The molecule has 1 aliphatic heterocycles. The predicted molar refractivity (Wildman–Crippen MR) is 167 cm³/mol. The van der Waals surface area contributed by atoms with E-state index in [4.69, 9.17) is 17.2 Å². The average molecular weight is 552 g/mol. The van der Waals surface area contributed by atoms with E-state index in [0.717, 1.165) is 22.6 Å². The number of carbonyl (C=O) groups excluding carboxylic acids is 1. The number of nitrogens with one attached hydrogen (secondary N) is 2. The summed E-state index contributed by atoms with van der Waals surface area (Å²) in [6.07, 6.45) is 1.83. The van der Waals surface area contributed by atoms with Crippen molar-refractivity contribution >= 4 is 34.6 Å². The molecule has 206 valence electrons. The molecule has 0 bridgehead atoms. The predicted octanol–water partition coefficient (Wildman–Crippen LogP) is 7.19. The molecule has 1 fully saturated rings. The van der Waals surface area contributed by atoms with Crippen LogP contribution in [0.4, 0.5) is 11.4 Å². The lowest BCUT2D eigenvalue weighted by Gasteiger charge is -2.29. The summed E-state index contributed by atoms with van der Waals surface area (Å²) >= 11 is 5.98. The van der Waals surface area contributed by atoms with E-state index in [1.807, 2.05) is 51.2 Å². The first-order valence-electron chi connectivity index (χ1n) is 13.8. The van der Waals surface area contributed by atoms with Crippen molar-refractivity contribution in [2.75, 3.05) is 10.2 Å². The number of pyridine rings is 1. The number of anilines is 2. The molecule has 3 heterocycles. The molecule has 2 aromatic carbocycles. The van der Waals surface area contributed by atoms with E-state index in [-0.39, 0.29) is 23.9 Å². The van der Waals surface area contributed by atoms with Crippen LogP contribution in [0.3, 0.4) is 0 Å². The second-order valence-corrected chi connectivity index (χ2v) is 11.4. The monoisotopic (exact) mass is 551 g/mol. The Bertz CT molecular complexity index is 1590. The molecule has 6 nitrogen and oxygen atoms in total. The Morgan fingerprint density at radius 3 is 2.42 bits per heavy atom. The first-order chi connectivity index (χ1) is 19.1. The second kappa shape index (κ2) is 10.9. The maximum absolute atomic E-state index is 12.4. The molecule has 2 N–H and O–H groups in total. The number of aryl methyl sites for hydroxylation is 3. The van der Waals surface area contributed by atoms with Gasteiger partial charge in [-0.3, -0.25) is 9.78 Å². The molecular weight excluding hydrogens is 514 g/mol. The average Bonchev–Trinajstić information content (AvgIpc) is 3.42. The van der Waals surface area contributed by atoms with Gasteiger partial charge in [-0.15, -0.1) is 0 Å². The third kappa shape index (κ3) is 4.90. The molecular formula is C33H37N5OS. The number of amides is 1. The molecule has 1 aliphatic rings. The van der Waals surface area contributed by atoms with Crippen molar-refractivity contribution in [1.82, 2.24) is 14.9 Å². The quantitative estimate of drug-likeness (QED) is 0.249. The van der Waals surface area contributed by atoms with E-state index in [2.05, 4.69) is 84.2 Å². The van der Waals surface area contributed by atoms with Gasteiger partial charge in [0, 0.05) is 40.6 Å². The summed E-state index contributed by atoms with van der Waals surface area (Å²) in [6, 6.07) is 20.6. The molecule has 0 aliphatic carbocycles. The lowest BCUT2D eigenvalue weighted by molar-refractivity contribution is -0.118. The Balaban J connectivity index is 1.64. The van der Waals surface area contributed by atoms with Crippen molar-refractivity contribution in [3.8, 4) is 5.69 Å². The van der Waals surface area contributed by atoms with Gasteiger partial charge in [0.1, 0.15) is 0 Å². The summed E-state index contributed by atoms with van der Waals surface area (Å²) in [5, 5.41) is 7.27. The van der Waals surface area contributed by atoms with Crippen LogP contribution in [-0.2, 0) is 4.79 Å². The van der Waals surface area contributed by atoms with Gasteiger partial charge in [0.2, 0.25) is 5.91 Å². The highest BCUT2D eigenvalue weighted by Crippen LogP contribution is 2.44. The molecule has 2 aromatic heterocycles. The highest BCUT2D eigenvalue weighted by Gasteiger charge is 2.42. The van der Waals surface area contributed by atoms with E-state index >= 15 is 0 Å². The lowest BCUT2D eigenvalue weighted by atomic mass is 9.96. The lowest BCUT2D eigenvalue weighted by Crippen LogP contribution is -2.29. The first-order valence-corrected chi connectivity index (χ1v) is 14.2. The van der Waals surface area contributed by atoms with Crippen molar-refractivity contribution < 1.29 is 4.79 Å². The highest BCUT2D eigenvalue weighted by molar-refractivity contribution is 7.80. The van der Waals surface area contributed by atoms with Gasteiger partial charge in [0.25, 0.3) is 0 Å². The fourth-order valence-electron chi connectivity index (χ4n) is 5.60. The van der Waals surface area contributed by atoms with Crippen molar-refractivity contribution in [3.63, 3.8) is 0 Å². The first kappa shape index (κ1) is 27.6. The summed E-state index contributed by atoms with van der Waals surface area (Å²) in [5.41, 5.74) is 11.0. The third-order valence-electron chi connectivity index (χ3n) is 7.97. The number of hydrogen-bond acceptors (Lipinski definition) is 3. The summed E-state index contributed by atoms with van der Waals surface area (Å²) in [6.45, 7) is 14.5. The molecule has 0 unspecified atom stereocenters. The summed E-state index contributed by atoms with van der Waals surface area (Å²) in [4.78, 5) is 19.3. The molecule has 0 saturated carbocycles. The molecule has 1 saturated heterocycles. The Hall–Kier alpha value is -3.97. The molecule has 0 spiro atoms. The minimum absolute atomic E-state index is 0.00110. The molecule has 4 aromatic rings. The number of nitrogens with zero attached hydrogens (tertiary/aromatic N) is 3. The van der Waals surface area contributed by atoms with Gasteiger partial charge in [-0.25, -0.2) is 0 Å². The Morgan fingerprint density at radius 2 is 1.75 bits per heavy atom. The molecule has 1 amide bonds. The standard InChI is InChI=1S/C33H37N5OS/c1-19(2)32(39)35-27-15-14-25(17-21(27)4)38-31(30(36-33(38)40)28-12-8-9-16-34-28)26-18-22(5)37(24(26)7)29-13-10-11-20(3)23(29)6/h8-19,30-31H,1-7H3,(H,35,39)(H,36,40)/t30-,31-/m1/s1. The number of carbonyl (C=O) groups is 1. The smallest absolute Gasteiger partial charge is 0.226 e. The highest BCUT2D eigenvalue weighted by atomic mass is 32.1. The summed E-state index contributed by atoms with van der Waals surface area (Å²) in [5.74, 6) is -0.0913. The fourth-order valence-corrected chi connectivity index (χ4v) is 5.95. The SMILES string of the molecule is Cc1cc(N2C(=S)N[C@H](c3ccccn3)[C@H]2c2cc(C)n(-c3cccc(C)c3C)c2C)ccc1NC(=O)C(C)C. The van der Waals surface area contributed by atoms with Crippen LogP contribution in [0.2, 0.25) is 0 Å². The van der Waals surface area contributed by atoms with Crippen molar-refractivity contribution in [2.24, 2.45) is 5.92 Å². The number of benzene rings is 2. The van der Waals surface area contributed by atoms with Crippen LogP contribution in [0.25, 0.3) is 5.69 Å². The molecule has 40 heavy (non-hydrogen) atoms. The van der Waals surface area contributed by atoms with Gasteiger partial charge in [0.05, 0.1) is 17.8 Å². The number of rotatable bonds is 6. The maximum atomic E-state index is 12.4. The van der Waals surface area contributed by atoms with Crippen molar-refractivity contribution in [3.05, 3.63) is 106 Å². The van der Waals surface area contributed by atoms with Crippen LogP contribution in [0.1, 0.15) is 65.3 Å². The summed E-state index contributed by atoms with van der Waals surface area (Å²) in [7, 11) is 0. The topological polar surface area (TPSA) is 62.2 Å². The van der Waals surface area contributed by atoms with Crippen molar-refractivity contribution in [1.29, 1.82) is 0 Å². The zero-order valence-corrected chi connectivity index (χ0v) is 25.1. The Kier molecular flexibility index (Phi) is 7.51. The zero-order chi connectivity index (χ0) is 28.7. The van der Waals surface area contributed by atoms with E-state index < -0.39 is 0 Å². The van der Waals surface area contributed by atoms with E-state index in [1.54, 1.807) is 0 Å². The van der Waals surface area contributed by atoms with Gasteiger partial charge in [-0.05, 0) is 112 Å². The Morgan fingerprint density at radius 1 is 0.975 bits per heavy atom. The van der Waals surface area contributed by atoms with Crippen LogP contribution < -0.4 is 15.5 Å². The van der Waals surface area contributed by atoms with Crippen LogP contribution in [-0.4, -0.2) is 20.6 Å². The number of aromatic nitrogens is 2. The second-order valence-electron chi connectivity index (χ2n) is 11.0. The molecule has 5 rings (SSSR count). The van der Waals surface area contributed by atoms with Crippen molar-refractivity contribution in [2.45, 2.75) is 60.5 Å². The van der Waals surface area contributed by atoms with Gasteiger partial charge >= 0.3 is 0 Å². The Labute approximate surface area is 242 Å². The number of thiocarbonyl (C=S) groups is 1. The number of hydrogen-bond donors (Lipinski definition) is 2. The van der Waals surface area contributed by atoms with E-state index in [0.29, 0.717) is 5.11 Å². The van der Waals surface area contributed by atoms with Crippen LogP contribution >= 0.6 is 12.2 Å². The maximum Gasteiger partial charge on any atom is 0.226 e. The van der Waals surface area contributed by atoms with Crippen LogP contribution in [0, 0.1) is 40.5 Å². The minimum atomic E-state index is -0.137. The normalized spacial score (nSPS) is 16.9. The van der Waals surface area contributed by atoms with Gasteiger partial charge in [-0.1, -0.05) is 32.0 Å². The largest absolute Gasteiger partial charge is 0.351 e. The van der Waals surface area contributed by atoms with Gasteiger partial charge in [0.15, 0.2) is 5.11 Å². The minimum Gasteiger partial charge on any atom is -0.351 e. The van der Waals surface area contributed by atoms with E-state index in [1.165, 1.54) is 33.8 Å². The van der Waals surface area contributed by atoms with Crippen LogP contribution in [0.15, 0.2) is 66.9 Å². The summed E-state index contributed by atoms with van der Waals surface area (Å²) < 4.78 is 2.35. The zero-order valence-electron chi connectivity index (χ0n) is 24.2. The fraction of sp³-hybridized carbons (Fsp3) is 0.303. The molecule has 7 heteroatoms. The molecule has 2 atom stereocenters. The van der Waals surface area contributed by atoms with E-state index in [9.17, 15) is 4.79 Å².